The Morgan fingerprint density at radius 3 is 2.55 bits per heavy atom. The van der Waals surface area contributed by atoms with Crippen LogP contribution in [0.3, 0.4) is 0 Å². The Hall–Kier alpha value is -0.910. The van der Waals surface area contributed by atoms with Gasteiger partial charge in [-0.3, -0.25) is 0 Å². The van der Waals surface area contributed by atoms with E-state index in [1.54, 1.807) is 24.3 Å². The van der Waals surface area contributed by atoms with Crippen LogP contribution >= 0.6 is 0 Å². The van der Waals surface area contributed by atoms with Crippen molar-refractivity contribution in [2.45, 2.75) is 43.2 Å². The molecule has 0 aliphatic carbocycles. The lowest BCUT2D eigenvalue weighted by atomic mass is 9.90. The summed E-state index contributed by atoms with van der Waals surface area (Å²) in [6, 6.07) is 6.86. The molecule has 0 aromatic heterocycles. The van der Waals surface area contributed by atoms with Crippen molar-refractivity contribution in [3.63, 3.8) is 0 Å². The molecule has 1 heterocycles. The van der Waals surface area contributed by atoms with Gasteiger partial charge in [0.05, 0.1) is 11.0 Å². The average Bonchev–Trinajstić information content (AvgIpc) is 2.38. The predicted molar refractivity (Wildman–Crippen MR) is 79.3 cm³/mol. The van der Waals surface area contributed by atoms with E-state index in [9.17, 15) is 13.5 Å². The maximum Gasteiger partial charge on any atom is 0.175 e. The molecule has 1 aliphatic heterocycles. The van der Waals surface area contributed by atoms with E-state index in [2.05, 4.69) is 12.2 Å². The minimum atomic E-state index is -3.17. The van der Waals surface area contributed by atoms with Crippen LogP contribution in [0.1, 0.15) is 37.9 Å². The molecular weight excluding hydrogens is 274 g/mol. The van der Waals surface area contributed by atoms with Gasteiger partial charge in [0.25, 0.3) is 0 Å². The van der Waals surface area contributed by atoms with Crippen molar-refractivity contribution in [3.8, 4) is 0 Å². The first-order chi connectivity index (χ1) is 9.36. The Balaban J connectivity index is 2.00. The summed E-state index contributed by atoms with van der Waals surface area (Å²) < 4.78 is 22.8. The molecule has 2 N–H and O–H groups in total. The standard InChI is InChI=1S/C15H23NO3S/c1-11-7-8-16-13(9-11)10-15(17)12-3-5-14(6-4-12)20(2,18)19/h3-6,11,13,15-17H,7-10H2,1-2H3. The zero-order valence-corrected chi connectivity index (χ0v) is 12.9. The Morgan fingerprint density at radius 1 is 1.35 bits per heavy atom. The Kier molecular flexibility index (Phi) is 4.83. The first kappa shape index (κ1) is 15.5. The van der Waals surface area contributed by atoms with Crippen LogP contribution in [0, 0.1) is 5.92 Å². The topological polar surface area (TPSA) is 66.4 Å². The number of piperidine rings is 1. The van der Waals surface area contributed by atoms with Crippen LogP contribution in [-0.2, 0) is 9.84 Å². The number of sulfone groups is 1. The second-order valence-corrected chi connectivity index (χ2v) is 7.89. The Labute approximate surface area is 121 Å². The number of aliphatic hydroxyl groups is 1. The van der Waals surface area contributed by atoms with Crippen molar-refractivity contribution in [2.24, 2.45) is 5.92 Å². The second-order valence-electron chi connectivity index (χ2n) is 5.87. The van der Waals surface area contributed by atoms with Crippen molar-refractivity contribution < 1.29 is 13.5 Å². The zero-order valence-electron chi connectivity index (χ0n) is 12.0. The van der Waals surface area contributed by atoms with Gasteiger partial charge in [0.2, 0.25) is 0 Å². The summed E-state index contributed by atoms with van der Waals surface area (Å²) in [4.78, 5) is 0.290. The molecule has 4 nitrogen and oxygen atoms in total. The molecule has 3 atom stereocenters. The number of aliphatic hydroxyl groups excluding tert-OH is 1. The maximum absolute atomic E-state index is 11.4. The first-order valence-corrected chi connectivity index (χ1v) is 8.97. The van der Waals surface area contributed by atoms with Crippen LogP contribution in [0.2, 0.25) is 0 Å². The largest absolute Gasteiger partial charge is 0.388 e. The fraction of sp³-hybridized carbons (Fsp3) is 0.600. The first-order valence-electron chi connectivity index (χ1n) is 7.07. The van der Waals surface area contributed by atoms with Gasteiger partial charge in [-0.1, -0.05) is 19.1 Å². The van der Waals surface area contributed by atoms with Crippen LogP contribution in [-0.4, -0.2) is 32.4 Å². The summed E-state index contributed by atoms with van der Waals surface area (Å²) in [7, 11) is -3.17. The van der Waals surface area contributed by atoms with Crippen LogP contribution in [0.4, 0.5) is 0 Å². The van der Waals surface area contributed by atoms with Gasteiger partial charge in [-0.05, 0) is 49.4 Å². The van der Waals surface area contributed by atoms with Crippen molar-refractivity contribution in [1.82, 2.24) is 5.32 Å². The van der Waals surface area contributed by atoms with E-state index in [1.165, 1.54) is 12.7 Å². The summed E-state index contributed by atoms with van der Waals surface area (Å²) in [5.74, 6) is 0.695. The minimum absolute atomic E-state index is 0.290. The summed E-state index contributed by atoms with van der Waals surface area (Å²) in [5.41, 5.74) is 0.775. The van der Waals surface area contributed by atoms with E-state index in [0.29, 0.717) is 18.4 Å². The van der Waals surface area contributed by atoms with Gasteiger partial charge in [-0.25, -0.2) is 8.42 Å². The van der Waals surface area contributed by atoms with E-state index in [-0.39, 0.29) is 4.90 Å². The number of hydrogen-bond acceptors (Lipinski definition) is 4. The van der Waals surface area contributed by atoms with Crippen LogP contribution in [0.5, 0.6) is 0 Å². The molecule has 2 rings (SSSR count). The van der Waals surface area contributed by atoms with Gasteiger partial charge in [0.1, 0.15) is 0 Å². The highest BCUT2D eigenvalue weighted by Crippen LogP contribution is 2.25. The third kappa shape index (κ3) is 4.04. The fourth-order valence-corrected chi connectivity index (χ4v) is 3.37. The Bertz CT molecular complexity index is 539. The number of nitrogens with one attached hydrogen (secondary N) is 1. The lowest BCUT2D eigenvalue weighted by Gasteiger charge is -2.29. The maximum atomic E-state index is 11.4. The van der Waals surface area contributed by atoms with Gasteiger partial charge in [-0.15, -0.1) is 0 Å². The van der Waals surface area contributed by atoms with E-state index in [4.69, 9.17) is 0 Å². The van der Waals surface area contributed by atoms with Gasteiger partial charge in [0, 0.05) is 12.3 Å². The molecule has 0 saturated carbocycles. The van der Waals surface area contributed by atoms with E-state index < -0.39 is 15.9 Å². The molecular formula is C15H23NO3S. The smallest absolute Gasteiger partial charge is 0.175 e. The highest BCUT2D eigenvalue weighted by Gasteiger charge is 2.21. The summed E-state index contributed by atoms with van der Waals surface area (Å²) in [6.07, 6.45) is 3.58. The average molecular weight is 297 g/mol. The lowest BCUT2D eigenvalue weighted by Crippen LogP contribution is -2.38. The quantitative estimate of drug-likeness (QED) is 0.891. The summed E-state index contributed by atoms with van der Waals surface area (Å²) >= 11 is 0. The predicted octanol–water partition coefficient (Wildman–Crippen LogP) is 1.90. The fourth-order valence-electron chi connectivity index (χ4n) is 2.74. The van der Waals surface area contributed by atoms with Crippen molar-refractivity contribution in [1.29, 1.82) is 0 Å². The third-order valence-corrected chi connectivity index (χ3v) is 5.09. The molecule has 20 heavy (non-hydrogen) atoms. The van der Waals surface area contributed by atoms with E-state index in [1.807, 2.05) is 0 Å². The molecule has 1 aromatic rings. The van der Waals surface area contributed by atoms with Gasteiger partial charge in [0.15, 0.2) is 9.84 Å². The number of hydrogen-bond donors (Lipinski definition) is 2. The van der Waals surface area contributed by atoms with Crippen LogP contribution < -0.4 is 5.32 Å². The molecule has 3 unspecified atom stereocenters. The molecule has 1 fully saturated rings. The molecule has 0 spiro atoms. The molecule has 112 valence electrons. The van der Waals surface area contributed by atoms with Crippen molar-refractivity contribution in [3.05, 3.63) is 29.8 Å². The molecule has 0 amide bonds. The minimum Gasteiger partial charge on any atom is -0.388 e. The van der Waals surface area contributed by atoms with Crippen LogP contribution in [0.25, 0.3) is 0 Å². The molecule has 5 heteroatoms. The monoisotopic (exact) mass is 297 g/mol. The highest BCUT2D eigenvalue weighted by atomic mass is 32.2. The zero-order chi connectivity index (χ0) is 14.8. The van der Waals surface area contributed by atoms with E-state index in [0.717, 1.165) is 18.5 Å². The number of benzene rings is 1. The van der Waals surface area contributed by atoms with Crippen LogP contribution in [0.15, 0.2) is 29.2 Å². The van der Waals surface area contributed by atoms with Crippen molar-refractivity contribution >= 4 is 9.84 Å². The van der Waals surface area contributed by atoms with E-state index >= 15 is 0 Å². The van der Waals surface area contributed by atoms with Gasteiger partial charge < -0.3 is 10.4 Å². The second kappa shape index (κ2) is 6.24. The molecule has 1 aromatic carbocycles. The molecule has 1 saturated heterocycles. The van der Waals surface area contributed by atoms with Crippen molar-refractivity contribution in [2.75, 3.05) is 12.8 Å². The SMILES string of the molecule is CC1CCNC(CC(O)c2ccc(S(C)(=O)=O)cc2)C1. The molecule has 0 radical (unpaired) electrons. The summed E-state index contributed by atoms with van der Waals surface area (Å²) in [5, 5.41) is 13.7. The lowest BCUT2D eigenvalue weighted by molar-refractivity contribution is 0.138. The Morgan fingerprint density at radius 2 is 2.00 bits per heavy atom. The van der Waals surface area contributed by atoms with Gasteiger partial charge in [-0.2, -0.15) is 0 Å². The molecule has 0 bridgehead atoms. The third-order valence-electron chi connectivity index (χ3n) is 3.96. The normalized spacial score (nSPS) is 25.4. The van der Waals surface area contributed by atoms with Gasteiger partial charge >= 0.3 is 0 Å². The molecule has 1 aliphatic rings. The number of rotatable bonds is 4. The summed E-state index contributed by atoms with van der Waals surface area (Å²) in [6.45, 7) is 3.24. The highest BCUT2D eigenvalue weighted by molar-refractivity contribution is 7.90.